The molecule has 0 fully saturated rings. The van der Waals surface area contributed by atoms with E-state index in [1.165, 1.54) is 0 Å². The van der Waals surface area contributed by atoms with Crippen molar-refractivity contribution in [1.82, 2.24) is 15.1 Å². The lowest BCUT2D eigenvalue weighted by atomic mass is 10.1. The van der Waals surface area contributed by atoms with Gasteiger partial charge in [0.25, 0.3) is 0 Å². The zero-order valence-corrected chi connectivity index (χ0v) is 9.84. The molecule has 90 valence electrons. The molecule has 0 bridgehead atoms. The molecule has 1 atom stereocenters. The van der Waals surface area contributed by atoms with Gasteiger partial charge in [0.2, 0.25) is 11.7 Å². The summed E-state index contributed by atoms with van der Waals surface area (Å²) in [5, 5.41) is 3.92. The first-order valence-electron chi connectivity index (χ1n) is 5.78. The number of nitrogens with zero attached hydrogens (tertiary/aromatic N) is 3. The molecule has 0 radical (unpaired) electrons. The minimum absolute atomic E-state index is 0.0854. The molecule has 0 amide bonds. The maximum Gasteiger partial charge on any atom is 0.228 e. The number of aromatic nitrogens is 3. The van der Waals surface area contributed by atoms with Gasteiger partial charge in [0, 0.05) is 30.4 Å². The van der Waals surface area contributed by atoms with E-state index in [0.29, 0.717) is 18.1 Å². The van der Waals surface area contributed by atoms with Crippen LogP contribution < -0.4 is 5.73 Å². The maximum absolute atomic E-state index is 5.92. The average molecular weight is 232 g/mol. The van der Waals surface area contributed by atoms with Crippen LogP contribution in [0, 0.1) is 0 Å². The van der Waals surface area contributed by atoms with E-state index in [0.717, 1.165) is 18.4 Å². The number of nitrogens with two attached hydrogens (primary N) is 1. The second kappa shape index (κ2) is 5.54. The number of hydrogen-bond acceptors (Lipinski definition) is 5. The Hall–Kier alpha value is -1.75. The highest BCUT2D eigenvalue weighted by atomic mass is 16.5. The highest BCUT2D eigenvalue weighted by molar-refractivity contribution is 5.51. The van der Waals surface area contributed by atoms with E-state index in [-0.39, 0.29) is 6.04 Å². The van der Waals surface area contributed by atoms with Gasteiger partial charge >= 0.3 is 0 Å². The van der Waals surface area contributed by atoms with Crippen LogP contribution in [0.15, 0.2) is 29.0 Å². The lowest BCUT2D eigenvalue weighted by molar-refractivity contribution is 0.366. The van der Waals surface area contributed by atoms with Crippen LogP contribution in [0.25, 0.3) is 11.4 Å². The lowest BCUT2D eigenvalue weighted by Crippen LogP contribution is -2.22. The molecule has 0 aliphatic rings. The molecular formula is C12H16N4O. The molecule has 1 unspecified atom stereocenters. The standard InChI is InChI=1S/C12H16N4O/c1-2-4-10(13)7-11-15-12(16-17-11)9-5-3-6-14-8-9/h3,5-6,8,10H,2,4,7,13H2,1H3. The first-order valence-corrected chi connectivity index (χ1v) is 5.78. The van der Waals surface area contributed by atoms with Crippen molar-refractivity contribution in [3.63, 3.8) is 0 Å². The summed E-state index contributed by atoms with van der Waals surface area (Å²) in [5.41, 5.74) is 6.78. The van der Waals surface area contributed by atoms with Gasteiger partial charge in [-0.3, -0.25) is 4.98 Å². The molecule has 2 aromatic heterocycles. The molecule has 2 aromatic rings. The van der Waals surface area contributed by atoms with Gasteiger partial charge in [-0.25, -0.2) is 0 Å². The number of pyridine rings is 1. The smallest absolute Gasteiger partial charge is 0.228 e. The van der Waals surface area contributed by atoms with Crippen molar-refractivity contribution in [3.8, 4) is 11.4 Å². The first kappa shape index (κ1) is 11.7. The number of hydrogen-bond donors (Lipinski definition) is 1. The van der Waals surface area contributed by atoms with Gasteiger partial charge in [0.05, 0.1) is 0 Å². The van der Waals surface area contributed by atoms with Gasteiger partial charge in [-0.05, 0) is 18.6 Å². The third-order valence-electron chi connectivity index (χ3n) is 2.48. The van der Waals surface area contributed by atoms with Crippen molar-refractivity contribution in [3.05, 3.63) is 30.4 Å². The Kier molecular flexibility index (Phi) is 3.82. The summed E-state index contributed by atoms with van der Waals surface area (Å²) in [7, 11) is 0. The minimum atomic E-state index is 0.0854. The van der Waals surface area contributed by atoms with Gasteiger partial charge < -0.3 is 10.3 Å². The molecule has 5 nitrogen and oxygen atoms in total. The summed E-state index contributed by atoms with van der Waals surface area (Å²) < 4.78 is 5.17. The molecule has 0 saturated carbocycles. The predicted molar refractivity (Wildman–Crippen MR) is 64.1 cm³/mol. The van der Waals surface area contributed by atoms with E-state index < -0.39 is 0 Å². The monoisotopic (exact) mass is 232 g/mol. The van der Waals surface area contributed by atoms with Crippen LogP contribution in [0.3, 0.4) is 0 Å². The first-order chi connectivity index (χ1) is 8.29. The molecule has 0 aliphatic heterocycles. The third kappa shape index (κ3) is 3.10. The molecule has 5 heteroatoms. The Bertz CT molecular complexity index is 455. The minimum Gasteiger partial charge on any atom is -0.339 e. The second-order valence-electron chi connectivity index (χ2n) is 4.01. The van der Waals surface area contributed by atoms with Gasteiger partial charge in [0.15, 0.2) is 0 Å². The van der Waals surface area contributed by atoms with Crippen LogP contribution in [0.4, 0.5) is 0 Å². The summed E-state index contributed by atoms with van der Waals surface area (Å²) in [5.74, 6) is 1.15. The van der Waals surface area contributed by atoms with E-state index in [9.17, 15) is 0 Å². The molecule has 0 aliphatic carbocycles. The topological polar surface area (TPSA) is 77.8 Å². The lowest BCUT2D eigenvalue weighted by Gasteiger charge is -2.05. The van der Waals surface area contributed by atoms with Crippen LogP contribution in [-0.2, 0) is 6.42 Å². The van der Waals surface area contributed by atoms with Crippen molar-refractivity contribution in [1.29, 1.82) is 0 Å². The SMILES string of the molecule is CCCC(N)Cc1nc(-c2cccnc2)no1. The van der Waals surface area contributed by atoms with E-state index >= 15 is 0 Å². The molecule has 2 rings (SSSR count). The summed E-state index contributed by atoms with van der Waals surface area (Å²) >= 11 is 0. The van der Waals surface area contributed by atoms with Crippen LogP contribution in [0.2, 0.25) is 0 Å². The molecule has 0 aromatic carbocycles. The average Bonchev–Trinajstić information content (AvgIpc) is 2.79. The summed E-state index contributed by atoms with van der Waals surface area (Å²) in [6.07, 6.45) is 6.07. The van der Waals surface area contributed by atoms with Gasteiger partial charge in [-0.2, -0.15) is 4.98 Å². The van der Waals surface area contributed by atoms with Crippen molar-refractivity contribution in [2.24, 2.45) is 5.73 Å². The highest BCUT2D eigenvalue weighted by Gasteiger charge is 2.11. The fourth-order valence-corrected chi connectivity index (χ4v) is 1.65. The van der Waals surface area contributed by atoms with E-state index in [4.69, 9.17) is 10.3 Å². The largest absolute Gasteiger partial charge is 0.339 e. The Labute approximate surface area is 100 Å². The second-order valence-corrected chi connectivity index (χ2v) is 4.01. The van der Waals surface area contributed by atoms with Crippen LogP contribution >= 0.6 is 0 Å². The fraction of sp³-hybridized carbons (Fsp3) is 0.417. The zero-order valence-electron chi connectivity index (χ0n) is 9.84. The summed E-state index contributed by atoms with van der Waals surface area (Å²) in [4.78, 5) is 8.32. The highest BCUT2D eigenvalue weighted by Crippen LogP contribution is 2.14. The maximum atomic E-state index is 5.92. The third-order valence-corrected chi connectivity index (χ3v) is 2.48. The van der Waals surface area contributed by atoms with E-state index in [1.807, 2.05) is 12.1 Å². The Morgan fingerprint density at radius 1 is 1.47 bits per heavy atom. The Morgan fingerprint density at radius 3 is 3.06 bits per heavy atom. The van der Waals surface area contributed by atoms with Crippen molar-refractivity contribution >= 4 is 0 Å². The number of rotatable bonds is 5. The van der Waals surface area contributed by atoms with Crippen molar-refractivity contribution in [2.75, 3.05) is 0 Å². The molecule has 17 heavy (non-hydrogen) atoms. The van der Waals surface area contributed by atoms with Gasteiger partial charge in [-0.15, -0.1) is 0 Å². The molecular weight excluding hydrogens is 216 g/mol. The van der Waals surface area contributed by atoms with Crippen LogP contribution in [-0.4, -0.2) is 21.2 Å². The molecule has 0 spiro atoms. The molecule has 0 saturated heterocycles. The summed E-state index contributed by atoms with van der Waals surface area (Å²) in [6, 6.07) is 3.82. The van der Waals surface area contributed by atoms with Crippen LogP contribution in [0.5, 0.6) is 0 Å². The zero-order chi connectivity index (χ0) is 12.1. The molecule has 2 N–H and O–H groups in total. The quantitative estimate of drug-likeness (QED) is 0.850. The van der Waals surface area contributed by atoms with Crippen molar-refractivity contribution < 1.29 is 4.52 Å². The molecule has 2 heterocycles. The van der Waals surface area contributed by atoms with E-state index in [2.05, 4.69) is 22.0 Å². The Balaban J connectivity index is 2.06. The van der Waals surface area contributed by atoms with Gasteiger partial charge in [-0.1, -0.05) is 18.5 Å². The normalized spacial score (nSPS) is 12.6. The Morgan fingerprint density at radius 2 is 2.35 bits per heavy atom. The summed E-state index contributed by atoms with van der Waals surface area (Å²) in [6.45, 7) is 2.11. The predicted octanol–water partition coefficient (Wildman–Crippen LogP) is 1.80. The van der Waals surface area contributed by atoms with Crippen LogP contribution in [0.1, 0.15) is 25.7 Å². The van der Waals surface area contributed by atoms with Crippen molar-refractivity contribution in [2.45, 2.75) is 32.2 Å². The van der Waals surface area contributed by atoms with E-state index in [1.54, 1.807) is 12.4 Å². The fourth-order valence-electron chi connectivity index (χ4n) is 1.65. The van der Waals surface area contributed by atoms with Gasteiger partial charge in [0.1, 0.15) is 0 Å².